The summed E-state index contributed by atoms with van der Waals surface area (Å²) in [6.07, 6.45) is 2.76. The first-order chi connectivity index (χ1) is 5.88. The molecule has 1 heterocycles. The zero-order valence-corrected chi connectivity index (χ0v) is 8.15. The van der Waals surface area contributed by atoms with Gasteiger partial charge in [0.15, 0.2) is 5.75 Å². The molecule has 1 aromatic rings. The molecule has 0 aliphatic carbocycles. The standard InChI is InChI=1S/C6H11N3O3S/c1-5(2)9-4-6(3-8-9)12-13(7,10)11/h3-5H,1-2H3,(H2,7,10,11). The summed E-state index contributed by atoms with van der Waals surface area (Å²) >= 11 is 0. The van der Waals surface area contributed by atoms with Crippen LogP contribution in [0.25, 0.3) is 0 Å². The molecule has 0 spiro atoms. The molecule has 6 nitrogen and oxygen atoms in total. The van der Waals surface area contributed by atoms with E-state index in [-0.39, 0.29) is 11.8 Å². The molecular formula is C6H11N3O3S. The lowest BCUT2D eigenvalue weighted by atomic mass is 10.4. The molecule has 0 aliphatic rings. The topological polar surface area (TPSA) is 87.2 Å². The fourth-order valence-corrected chi connectivity index (χ4v) is 1.13. The van der Waals surface area contributed by atoms with E-state index in [1.165, 1.54) is 12.4 Å². The van der Waals surface area contributed by atoms with Crippen LogP contribution in [0.1, 0.15) is 19.9 Å². The minimum absolute atomic E-state index is 0.121. The van der Waals surface area contributed by atoms with Crippen LogP contribution in [-0.2, 0) is 10.3 Å². The fourth-order valence-electron chi connectivity index (χ4n) is 0.780. The Balaban J connectivity index is 2.81. The van der Waals surface area contributed by atoms with Gasteiger partial charge >= 0.3 is 10.3 Å². The molecule has 13 heavy (non-hydrogen) atoms. The number of hydrogen-bond acceptors (Lipinski definition) is 4. The number of nitrogens with zero attached hydrogens (tertiary/aromatic N) is 2. The third-order valence-electron chi connectivity index (χ3n) is 1.32. The fraction of sp³-hybridized carbons (Fsp3) is 0.500. The molecule has 0 atom stereocenters. The Kier molecular flexibility index (Phi) is 2.58. The monoisotopic (exact) mass is 205 g/mol. The summed E-state index contributed by atoms with van der Waals surface area (Å²) in [6.45, 7) is 3.82. The Hall–Kier alpha value is -1.08. The van der Waals surface area contributed by atoms with Crippen molar-refractivity contribution in [2.45, 2.75) is 19.9 Å². The van der Waals surface area contributed by atoms with Crippen LogP contribution in [0.3, 0.4) is 0 Å². The average Bonchev–Trinajstić information content (AvgIpc) is 2.31. The summed E-state index contributed by atoms with van der Waals surface area (Å²) in [7, 11) is -3.94. The highest BCUT2D eigenvalue weighted by Crippen LogP contribution is 2.12. The van der Waals surface area contributed by atoms with Crippen molar-refractivity contribution in [3.63, 3.8) is 0 Å². The van der Waals surface area contributed by atoms with E-state index in [0.29, 0.717) is 0 Å². The molecule has 0 fully saturated rings. The lowest BCUT2D eigenvalue weighted by Gasteiger charge is -2.02. The second kappa shape index (κ2) is 3.35. The zero-order valence-electron chi connectivity index (χ0n) is 7.34. The molecule has 0 aromatic carbocycles. The minimum Gasteiger partial charge on any atom is -0.368 e. The maximum absolute atomic E-state index is 10.5. The summed E-state index contributed by atoms with van der Waals surface area (Å²) in [5.74, 6) is 0.121. The van der Waals surface area contributed by atoms with Gasteiger partial charge in [-0.25, -0.2) is 0 Å². The van der Waals surface area contributed by atoms with E-state index in [1.807, 2.05) is 13.8 Å². The van der Waals surface area contributed by atoms with Crippen molar-refractivity contribution in [3.8, 4) is 5.75 Å². The number of rotatable bonds is 3. The number of aromatic nitrogens is 2. The summed E-state index contributed by atoms with van der Waals surface area (Å²) in [6, 6.07) is 0.151. The van der Waals surface area contributed by atoms with Gasteiger partial charge in [-0.15, -0.1) is 0 Å². The Morgan fingerprint density at radius 2 is 2.23 bits per heavy atom. The lowest BCUT2D eigenvalue weighted by molar-refractivity contribution is 0.484. The van der Waals surface area contributed by atoms with Gasteiger partial charge in [0.2, 0.25) is 0 Å². The normalized spacial score (nSPS) is 12.0. The van der Waals surface area contributed by atoms with Crippen LogP contribution in [0, 0.1) is 0 Å². The lowest BCUT2D eigenvalue weighted by Crippen LogP contribution is -2.18. The van der Waals surface area contributed by atoms with Crippen molar-refractivity contribution in [2.75, 3.05) is 0 Å². The molecule has 0 saturated carbocycles. The first-order valence-corrected chi connectivity index (χ1v) is 5.12. The molecule has 0 saturated heterocycles. The average molecular weight is 205 g/mol. The summed E-state index contributed by atoms with van der Waals surface area (Å²) < 4.78 is 27.0. The summed E-state index contributed by atoms with van der Waals surface area (Å²) in [5.41, 5.74) is 0. The Labute approximate surface area is 76.6 Å². The molecule has 7 heteroatoms. The SMILES string of the molecule is CC(C)n1cc(OS(N)(=O)=O)cn1. The largest absolute Gasteiger partial charge is 0.380 e. The Morgan fingerprint density at radius 1 is 1.62 bits per heavy atom. The predicted octanol–water partition coefficient (Wildman–Crippen LogP) is 0.0463. The molecular weight excluding hydrogens is 194 g/mol. The van der Waals surface area contributed by atoms with Gasteiger partial charge in [0.05, 0.1) is 12.4 Å². The number of hydrogen-bond donors (Lipinski definition) is 1. The van der Waals surface area contributed by atoms with Crippen molar-refractivity contribution in [2.24, 2.45) is 5.14 Å². The van der Waals surface area contributed by atoms with Gasteiger partial charge in [0.1, 0.15) is 0 Å². The second-order valence-corrected chi connectivity index (χ2v) is 3.98. The first kappa shape index (κ1) is 10.0. The summed E-state index contributed by atoms with van der Waals surface area (Å²) in [4.78, 5) is 0. The molecule has 74 valence electrons. The maximum Gasteiger partial charge on any atom is 0.380 e. The molecule has 1 aromatic heterocycles. The van der Waals surface area contributed by atoms with E-state index < -0.39 is 10.3 Å². The van der Waals surface area contributed by atoms with Gasteiger partial charge in [-0.05, 0) is 13.8 Å². The highest BCUT2D eigenvalue weighted by Gasteiger charge is 2.08. The van der Waals surface area contributed by atoms with E-state index in [4.69, 9.17) is 0 Å². The van der Waals surface area contributed by atoms with Crippen molar-refractivity contribution in [1.29, 1.82) is 0 Å². The first-order valence-electron chi connectivity index (χ1n) is 3.65. The van der Waals surface area contributed by atoms with Crippen LogP contribution in [0.5, 0.6) is 5.75 Å². The van der Waals surface area contributed by atoms with Crippen LogP contribution in [0.15, 0.2) is 12.4 Å². The van der Waals surface area contributed by atoms with Crippen molar-refractivity contribution >= 4 is 10.3 Å². The smallest absolute Gasteiger partial charge is 0.368 e. The van der Waals surface area contributed by atoms with E-state index in [9.17, 15) is 8.42 Å². The quantitative estimate of drug-likeness (QED) is 0.755. The van der Waals surface area contributed by atoms with Gasteiger partial charge in [-0.1, -0.05) is 0 Å². The highest BCUT2D eigenvalue weighted by molar-refractivity contribution is 7.84. The predicted molar refractivity (Wildman–Crippen MR) is 46.3 cm³/mol. The number of nitrogens with two attached hydrogens (primary N) is 1. The van der Waals surface area contributed by atoms with Gasteiger partial charge in [-0.3, -0.25) is 4.68 Å². The van der Waals surface area contributed by atoms with E-state index in [0.717, 1.165) is 0 Å². The van der Waals surface area contributed by atoms with E-state index in [1.54, 1.807) is 4.68 Å². The molecule has 0 amide bonds. The van der Waals surface area contributed by atoms with Crippen molar-refractivity contribution < 1.29 is 12.6 Å². The Bertz CT molecular complexity index is 382. The van der Waals surface area contributed by atoms with Gasteiger partial charge in [0, 0.05) is 6.04 Å². The van der Waals surface area contributed by atoms with Crippen molar-refractivity contribution in [3.05, 3.63) is 12.4 Å². The Morgan fingerprint density at radius 3 is 2.62 bits per heavy atom. The van der Waals surface area contributed by atoms with Gasteiger partial charge in [-0.2, -0.15) is 18.7 Å². The van der Waals surface area contributed by atoms with Crippen LogP contribution < -0.4 is 9.32 Å². The third kappa shape index (κ3) is 3.03. The maximum atomic E-state index is 10.5. The van der Waals surface area contributed by atoms with Crippen LogP contribution >= 0.6 is 0 Å². The third-order valence-corrected chi connectivity index (χ3v) is 1.74. The van der Waals surface area contributed by atoms with Crippen LogP contribution in [0.4, 0.5) is 0 Å². The summed E-state index contributed by atoms with van der Waals surface area (Å²) in [5, 5.41) is 8.54. The second-order valence-electron chi connectivity index (χ2n) is 2.83. The van der Waals surface area contributed by atoms with Crippen molar-refractivity contribution in [1.82, 2.24) is 9.78 Å². The molecule has 1 rings (SSSR count). The molecule has 2 N–H and O–H groups in total. The van der Waals surface area contributed by atoms with E-state index >= 15 is 0 Å². The minimum atomic E-state index is -3.94. The van der Waals surface area contributed by atoms with Gasteiger partial charge < -0.3 is 4.18 Å². The van der Waals surface area contributed by atoms with Gasteiger partial charge in [0.25, 0.3) is 0 Å². The molecule has 0 radical (unpaired) electrons. The van der Waals surface area contributed by atoms with Crippen LogP contribution in [0.2, 0.25) is 0 Å². The molecule has 0 bridgehead atoms. The van der Waals surface area contributed by atoms with Crippen LogP contribution in [-0.4, -0.2) is 18.2 Å². The highest BCUT2D eigenvalue weighted by atomic mass is 32.2. The zero-order chi connectivity index (χ0) is 10.1. The molecule has 0 unspecified atom stereocenters. The molecule has 0 aliphatic heterocycles. The van der Waals surface area contributed by atoms with E-state index in [2.05, 4.69) is 14.4 Å².